The molecule has 0 saturated carbocycles. The van der Waals surface area contributed by atoms with Crippen molar-refractivity contribution in [2.45, 2.75) is 64.4 Å². The van der Waals surface area contributed by atoms with Crippen molar-refractivity contribution in [3.63, 3.8) is 0 Å². The number of alkyl halides is 6. The van der Waals surface area contributed by atoms with E-state index in [0.29, 0.717) is 53.8 Å². The average molecular weight is 707 g/mol. The summed E-state index contributed by atoms with van der Waals surface area (Å²) in [5.74, 6) is 0. The maximum atomic E-state index is 13.8. The molecule has 264 valence electrons. The standard InChI is InChI=1S/C40H32F6O5/c1-22-6-14-29(33(16-22)39(41,42)43)31-20-26-5-3-4-24(18-35(26)50-37(31)48)9-12-28(47)13-10-25-8-11-27-21-32(38(49)51-36(27)19-25)30-15-7-23(2)17-34(30)40(44,45)46/h4-8,11,14-21,28,47H,3,9-10,12-13H2,1-2H3. The monoisotopic (exact) mass is 706 g/mol. The molecule has 0 spiro atoms. The van der Waals surface area contributed by atoms with E-state index in [1.807, 2.05) is 6.08 Å². The predicted octanol–water partition coefficient (Wildman–Crippen LogP) is 8.40. The second-order valence-corrected chi connectivity index (χ2v) is 12.8. The summed E-state index contributed by atoms with van der Waals surface area (Å²) >= 11 is 0. The van der Waals surface area contributed by atoms with Crippen molar-refractivity contribution in [2.24, 2.45) is 0 Å². The van der Waals surface area contributed by atoms with Gasteiger partial charge in [-0.3, -0.25) is 0 Å². The minimum Gasteiger partial charge on any atom is -0.422 e. The van der Waals surface area contributed by atoms with Gasteiger partial charge in [-0.25, -0.2) is 9.59 Å². The van der Waals surface area contributed by atoms with Crippen molar-refractivity contribution in [2.75, 3.05) is 0 Å². The van der Waals surface area contributed by atoms with Crippen LogP contribution in [0.1, 0.15) is 53.5 Å². The van der Waals surface area contributed by atoms with Crippen molar-refractivity contribution >= 4 is 23.1 Å². The van der Waals surface area contributed by atoms with Gasteiger partial charge in [0.1, 0.15) is 11.0 Å². The highest BCUT2D eigenvalue weighted by Gasteiger charge is 2.35. The largest absolute Gasteiger partial charge is 0.422 e. The second-order valence-electron chi connectivity index (χ2n) is 12.8. The number of aliphatic hydroxyl groups is 1. The van der Waals surface area contributed by atoms with Gasteiger partial charge in [-0.2, -0.15) is 26.3 Å². The number of aryl methyl sites for hydroxylation is 3. The number of fused-ring (bicyclic) bond motifs is 2. The van der Waals surface area contributed by atoms with Gasteiger partial charge < -0.3 is 13.9 Å². The highest BCUT2D eigenvalue weighted by Crippen LogP contribution is 2.38. The third kappa shape index (κ3) is 7.93. The fourth-order valence-corrected chi connectivity index (χ4v) is 6.26. The lowest BCUT2D eigenvalue weighted by atomic mass is 9.97. The highest BCUT2D eigenvalue weighted by molar-refractivity contribution is 5.83. The molecule has 1 aliphatic carbocycles. The minimum atomic E-state index is -4.66. The summed E-state index contributed by atoms with van der Waals surface area (Å²) in [5.41, 5.74) is -1.70. The maximum absolute atomic E-state index is 13.8. The van der Waals surface area contributed by atoms with Gasteiger partial charge in [-0.05, 0) is 93.5 Å². The van der Waals surface area contributed by atoms with E-state index in [1.165, 1.54) is 43.3 Å². The molecular formula is C40H32F6O5. The first-order chi connectivity index (χ1) is 24.1. The molecule has 51 heavy (non-hydrogen) atoms. The fraction of sp³-hybridized carbons (Fsp3) is 0.250. The van der Waals surface area contributed by atoms with Gasteiger partial charge in [0.15, 0.2) is 0 Å². The number of aliphatic hydroxyl groups excluding tert-OH is 1. The predicted molar refractivity (Wildman–Crippen MR) is 182 cm³/mol. The molecule has 0 fully saturated rings. The normalized spacial score (nSPS) is 13.9. The summed E-state index contributed by atoms with van der Waals surface area (Å²) < 4.78 is 93.5. The van der Waals surface area contributed by atoms with E-state index in [4.69, 9.17) is 8.83 Å². The lowest BCUT2D eigenvalue weighted by Crippen LogP contribution is -2.30. The number of allylic oxidation sites excluding steroid dienone is 2. The summed E-state index contributed by atoms with van der Waals surface area (Å²) in [6.45, 7) is 3.08. The number of benzene rings is 3. The number of hydrogen-bond acceptors (Lipinski definition) is 5. The Morgan fingerprint density at radius 1 is 0.686 bits per heavy atom. The van der Waals surface area contributed by atoms with E-state index in [-0.39, 0.29) is 33.3 Å². The van der Waals surface area contributed by atoms with E-state index >= 15 is 0 Å². The van der Waals surface area contributed by atoms with Crippen molar-refractivity contribution in [3.8, 4) is 22.3 Å². The molecule has 0 aliphatic heterocycles. The summed E-state index contributed by atoms with van der Waals surface area (Å²) in [5, 5.41) is 11.7. The topological polar surface area (TPSA) is 80.6 Å². The molecule has 11 heteroatoms. The van der Waals surface area contributed by atoms with Crippen molar-refractivity contribution in [3.05, 3.63) is 138 Å². The molecule has 0 bridgehead atoms. The Kier molecular flexibility index (Phi) is 9.69. The zero-order chi connectivity index (χ0) is 36.7. The minimum absolute atomic E-state index is 0.181. The van der Waals surface area contributed by atoms with E-state index in [0.717, 1.165) is 23.3 Å². The van der Waals surface area contributed by atoms with Crippen LogP contribution in [0.3, 0.4) is 0 Å². The van der Waals surface area contributed by atoms with Crippen molar-refractivity contribution in [1.29, 1.82) is 0 Å². The highest BCUT2D eigenvalue weighted by atomic mass is 19.4. The lowest BCUT2D eigenvalue weighted by Gasteiger charge is -2.14. The van der Waals surface area contributed by atoms with Crippen molar-refractivity contribution < 1.29 is 40.3 Å². The molecule has 1 N–H and O–H groups in total. The van der Waals surface area contributed by atoms with Crippen LogP contribution in [0.2, 0.25) is 0 Å². The van der Waals surface area contributed by atoms with Gasteiger partial charge in [0.05, 0.1) is 28.4 Å². The maximum Gasteiger partial charge on any atom is 0.417 e. The Morgan fingerprint density at radius 2 is 1.27 bits per heavy atom. The van der Waals surface area contributed by atoms with E-state index in [2.05, 4.69) is 0 Å². The SMILES string of the molecule is Cc1ccc(-c2cc3c(oc2=O)=CC(CCC(O)CCc2ccc4cc(-c5ccc(C)cc5C(F)(F)F)c(=O)oc4c2)=CCC=3)c(C(F)(F)F)c1. The summed E-state index contributed by atoms with van der Waals surface area (Å²) in [7, 11) is 0. The Balaban J connectivity index is 1.13. The molecule has 3 aromatic carbocycles. The zero-order valence-electron chi connectivity index (χ0n) is 27.5. The molecule has 0 amide bonds. The van der Waals surface area contributed by atoms with Gasteiger partial charge in [-0.15, -0.1) is 0 Å². The van der Waals surface area contributed by atoms with Crippen LogP contribution >= 0.6 is 0 Å². The number of rotatable bonds is 8. The summed E-state index contributed by atoms with van der Waals surface area (Å²) in [6, 6.07) is 15.4. The first-order valence-electron chi connectivity index (χ1n) is 16.2. The van der Waals surface area contributed by atoms with Crippen molar-refractivity contribution in [1.82, 2.24) is 0 Å². The van der Waals surface area contributed by atoms with Crippen LogP contribution < -0.4 is 21.9 Å². The molecule has 2 heterocycles. The van der Waals surface area contributed by atoms with E-state index in [9.17, 15) is 41.0 Å². The lowest BCUT2D eigenvalue weighted by molar-refractivity contribution is -0.138. The zero-order valence-corrected chi connectivity index (χ0v) is 27.5. The molecule has 0 saturated heterocycles. The molecular weight excluding hydrogens is 674 g/mol. The smallest absolute Gasteiger partial charge is 0.417 e. The Bertz CT molecular complexity index is 2410. The molecule has 1 aliphatic rings. The van der Waals surface area contributed by atoms with Crippen LogP contribution in [0.15, 0.2) is 96.8 Å². The van der Waals surface area contributed by atoms with Gasteiger partial charge in [0, 0.05) is 21.7 Å². The molecule has 1 atom stereocenters. The van der Waals surface area contributed by atoms with Crippen LogP contribution in [-0.4, -0.2) is 11.2 Å². The van der Waals surface area contributed by atoms with Crippen LogP contribution in [0.25, 0.3) is 45.4 Å². The van der Waals surface area contributed by atoms with Gasteiger partial charge in [-0.1, -0.05) is 59.7 Å². The van der Waals surface area contributed by atoms with Crippen LogP contribution in [0.4, 0.5) is 26.3 Å². The fourth-order valence-electron chi connectivity index (χ4n) is 6.26. The third-order valence-corrected chi connectivity index (χ3v) is 8.92. The van der Waals surface area contributed by atoms with Crippen LogP contribution in [-0.2, 0) is 18.8 Å². The Labute approximate surface area is 287 Å². The first-order valence-corrected chi connectivity index (χ1v) is 16.2. The van der Waals surface area contributed by atoms with E-state index in [1.54, 1.807) is 37.3 Å². The molecule has 2 aromatic heterocycles. The quantitative estimate of drug-likeness (QED) is 0.130. The van der Waals surface area contributed by atoms with Gasteiger partial charge >= 0.3 is 23.6 Å². The molecule has 6 rings (SSSR count). The average Bonchev–Trinajstić information content (AvgIpc) is 3.26. The van der Waals surface area contributed by atoms with Gasteiger partial charge in [0.25, 0.3) is 0 Å². The number of halogens is 6. The molecule has 1 unspecified atom stereocenters. The molecule has 5 aromatic rings. The molecule has 5 nitrogen and oxygen atoms in total. The Hall–Kier alpha value is -5.16. The summed E-state index contributed by atoms with van der Waals surface area (Å²) in [6.07, 6.45) is -2.70. The summed E-state index contributed by atoms with van der Waals surface area (Å²) in [4.78, 5) is 25.7. The van der Waals surface area contributed by atoms with Crippen LogP contribution in [0, 0.1) is 13.8 Å². The van der Waals surface area contributed by atoms with E-state index < -0.39 is 40.8 Å². The number of hydrogen-bond donors (Lipinski definition) is 1. The van der Waals surface area contributed by atoms with Gasteiger partial charge in [0.2, 0.25) is 0 Å². The first kappa shape index (κ1) is 35.7. The third-order valence-electron chi connectivity index (χ3n) is 8.92. The Morgan fingerprint density at radius 3 is 1.90 bits per heavy atom. The second kappa shape index (κ2) is 13.9. The molecule has 0 radical (unpaired) electrons. The van der Waals surface area contributed by atoms with Crippen LogP contribution in [0.5, 0.6) is 0 Å².